The van der Waals surface area contributed by atoms with E-state index in [2.05, 4.69) is 24.3 Å². The van der Waals surface area contributed by atoms with Crippen LogP contribution in [0.25, 0.3) is 0 Å². The minimum atomic E-state index is -1.06. The first-order valence-corrected chi connectivity index (χ1v) is 7.56. The first-order valence-electron chi connectivity index (χ1n) is 5.16. The minimum Gasteiger partial charge on any atom is -0.415 e. The zero-order chi connectivity index (χ0) is 9.80. The monoisotopic (exact) mass is 226 g/mol. The van der Waals surface area contributed by atoms with Crippen LogP contribution in [0.4, 0.5) is 0 Å². The molecule has 0 aliphatic carbocycles. The molecule has 0 saturated carbocycles. The van der Waals surface area contributed by atoms with Crippen molar-refractivity contribution in [1.82, 2.24) is 0 Å². The first kappa shape index (κ1) is 10.2. The summed E-state index contributed by atoms with van der Waals surface area (Å²) in [6, 6.07) is 9.92. The highest BCUT2D eigenvalue weighted by Gasteiger charge is 2.17. The summed E-state index contributed by atoms with van der Waals surface area (Å²) in [7, 11) is -1.06. The topological polar surface area (TPSA) is 9.23 Å². The number of benzene rings is 1. The van der Waals surface area contributed by atoms with Gasteiger partial charge in [0.05, 0.1) is 0 Å². The summed E-state index contributed by atoms with van der Waals surface area (Å²) >= 11 is 5.75. The van der Waals surface area contributed by atoms with E-state index in [1.54, 1.807) is 0 Å². The molecule has 1 aliphatic heterocycles. The molecular weight excluding hydrogens is 212 g/mol. The van der Waals surface area contributed by atoms with Crippen molar-refractivity contribution >= 4 is 25.8 Å². The predicted octanol–water partition coefficient (Wildman–Crippen LogP) is 2.17. The van der Waals surface area contributed by atoms with Crippen LogP contribution in [0.2, 0.25) is 6.04 Å². The summed E-state index contributed by atoms with van der Waals surface area (Å²) in [5.74, 6) is 0.605. The molecule has 76 valence electrons. The van der Waals surface area contributed by atoms with Gasteiger partial charge in [-0.25, -0.2) is 0 Å². The fraction of sp³-hybridized carbons (Fsp3) is 0.455. The van der Waals surface area contributed by atoms with Crippen LogP contribution in [-0.4, -0.2) is 15.6 Å². The smallest absolute Gasteiger partial charge is 0.208 e. The van der Waals surface area contributed by atoms with Gasteiger partial charge < -0.3 is 4.43 Å². The lowest BCUT2D eigenvalue weighted by Crippen LogP contribution is -2.36. The van der Waals surface area contributed by atoms with Crippen molar-refractivity contribution in [3.8, 4) is 0 Å². The summed E-state index contributed by atoms with van der Waals surface area (Å²) in [6.45, 7) is 0.966. The zero-order valence-corrected chi connectivity index (χ0v) is 10.1. The largest absolute Gasteiger partial charge is 0.415 e. The molecule has 1 aromatic carbocycles. The lowest BCUT2D eigenvalue weighted by molar-refractivity contribution is 0.294. The molecule has 0 aromatic heterocycles. The van der Waals surface area contributed by atoms with Crippen LogP contribution >= 0.6 is 11.6 Å². The lowest BCUT2D eigenvalue weighted by Gasteiger charge is -2.21. The van der Waals surface area contributed by atoms with Crippen molar-refractivity contribution in [2.45, 2.75) is 24.8 Å². The highest BCUT2D eigenvalue weighted by atomic mass is 35.5. The Morgan fingerprint density at radius 3 is 2.57 bits per heavy atom. The molecule has 2 rings (SSSR count). The van der Waals surface area contributed by atoms with Crippen molar-refractivity contribution in [2.24, 2.45) is 0 Å². The molecule has 0 radical (unpaired) electrons. The SMILES string of the molecule is ClCc1ccc([SiH]2CCCCO2)cc1. The minimum absolute atomic E-state index is 0.605. The van der Waals surface area contributed by atoms with Crippen LogP contribution < -0.4 is 5.19 Å². The molecule has 1 unspecified atom stereocenters. The summed E-state index contributed by atoms with van der Waals surface area (Å²) in [6.07, 6.45) is 2.58. The van der Waals surface area contributed by atoms with Crippen LogP contribution in [0.3, 0.4) is 0 Å². The molecule has 1 atom stereocenters. The molecule has 0 spiro atoms. The maximum Gasteiger partial charge on any atom is 0.208 e. The molecule has 0 N–H and O–H groups in total. The van der Waals surface area contributed by atoms with E-state index in [0.29, 0.717) is 5.88 Å². The summed E-state index contributed by atoms with van der Waals surface area (Å²) in [4.78, 5) is 0. The average Bonchev–Trinajstić information content (AvgIpc) is 2.30. The third kappa shape index (κ3) is 2.38. The van der Waals surface area contributed by atoms with E-state index in [9.17, 15) is 0 Å². The molecule has 3 heteroatoms. The normalized spacial score (nSPS) is 22.2. The second kappa shape index (κ2) is 4.96. The van der Waals surface area contributed by atoms with Gasteiger partial charge in [0.25, 0.3) is 0 Å². The van der Waals surface area contributed by atoms with Crippen molar-refractivity contribution in [3.63, 3.8) is 0 Å². The van der Waals surface area contributed by atoms with Crippen LogP contribution in [0, 0.1) is 0 Å². The van der Waals surface area contributed by atoms with E-state index >= 15 is 0 Å². The number of halogens is 1. The molecule has 0 amide bonds. The van der Waals surface area contributed by atoms with E-state index < -0.39 is 9.04 Å². The van der Waals surface area contributed by atoms with Gasteiger partial charge in [-0.2, -0.15) is 0 Å². The molecular formula is C11H15ClOSi. The Balaban J connectivity index is 2.07. The highest BCUT2D eigenvalue weighted by molar-refractivity contribution is 6.67. The quantitative estimate of drug-likeness (QED) is 0.555. The number of hydrogen-bond acceptors (Lipinski definition) is 1. The third-order valence-electron chi connectivity index (χ3n) is 2.69. The maximum atomic E-state index is 5.84. The first-order chi connectivity index (χ1) is 6.90. The third-order valence-corrected chi connectivity index (χ3v) is 5.69. The van der Waals surface area contributed by atoms with Crippen molar-refractivity contribution in [2.75, 3.05) is 6.61 Å². The van der Waals surface area contributed by atoms with E-state index in [1.807, 2.05) is 0 Å². The van der Waals surface area contributed by atoms with Crippen LogP contribution in [0.15, 0.2) is 24.3 Å². The van der Waals surface area contributed by atoms with Gasteiger partial charge in [-0.1, -0.05) is 30.7 Å². The van der Waals surface area contributed by atoms with Gasteiger partial charge in [0.1, 0.15) is 0 Å². The van der Waals surface area contributed by atoms with Gasteiger partial charge in [-0.05, 0) is 23.2 Å². The highest BCUT2D eigenvalue weighted by Crippen LogP contribution is 2.11. The second-order valence-electron chi connectivity index (χ2n) is 3.73. The Kier molecular flexibility index (Phi) is 3.62. The predicted molar refractivity (Wildman–Crippen MR) is 62.8 cm³/mol. The van der Waals surface area contributed by atoms with E-state index in [4.69, 9.17) is 16.0 Å². The number of alkyl halides is 1. The Hall–Kier alpha value is -0.313. The number of hydrogen-bond donors (Lipinski definition) is 0. The van der Waals surface area contributed by atoms with Crippen molar-refractivity contribution in [3.05, 3.63) is 29.8 Å². The Labute approximate surface area is 91.8 Å². The van der Waals surface area contributed by atoms with Crippen molar-refractivity contribution < 1.29 is 4.43 Å². The summed E-state index contributed by atoms with van der Waals surface area (Å²) in [5, 5.41) is 1.43. The summed E-state index contributed by atoms with van der Waals surface area (Å²) < 4.78 is 5.84. The van der Waals surface area contributed by atoms with Gasteiger partial charge in [-0.15, -0.1) is 11.6 Å². The van der Waals surface area contributed by atoms with Crippen LogP contribution in [0.1, 0.15) is 18.4 Å². The molecule has 1 nitrogen and oxygen atoms in total. The van der Waals surface area contributed by atoms with Gasteiger partial charge in [-0.3, -0.25) is 0 Å². The fourth-order valence-electron chi connectivity index (χ4n) is 1.82. The Morgan fingerprint density at radius 2 is 2.00 bits per heavy atom. The average molecular weight is 227 g/mol. The fourth-order valence-corrected chi connectivity index (χ4v) is 4.43. The van der Waals surface area contributed by atoms with Gasteiger partial charge >= 0.3 is 0 Å². The van der Waals surface area contributed by atoms with Gasteiger partial charge in [0.2, 0.25) is 9.04 Å². The Bertz CT molecular complexity index is 280. The van der Waals surface area contributed by atoms with Gasteiger partial charge in [0.15, 0.2) is 0 Å². The lowest BCUT2D eigenvalue weighted by atomic mass is 10.2. The maximum absolute atomic E-state index is 5.84. The molecule has 0 bridgehead atoms. The van der Waals surface area contributed by atoms with Crippen LogP contribution in [-0.2, 0) is 10.3 Å². The zero-order valence-electron chi connectivity index (χ0n) is 8.21. The molecule has 14 heavy (non-hydrogen) atoms. The second-order valence-corrected chi connectivity index (χ2v) is 6.55. The Morgan fingerprint density at radius 1 is 1.21 bits per heavy atom. The van der Waals surface area contributed by atoms with Gasteiger partial charge in [0, 0.05) is 12.5 Å². The number of rotatable bonds is 2. The molecule has 1 heterocycles. The molecule has 1 aliphatic rings. The van der Waals surface area contributed by atoms with Crippen molar-refractivity contribution in [1.29, 1.82) is 0 Å². The van der Waals surface area contributed by atoms with E-state index in [0.717, 1.165) is 6.61 Å². The molecule has 1 saturated heterocycles. The summed E-state index contributed by atoms with van der Waals surface area (Å²) in [5.41, 5.74) is 1.19. The molecule has 1 aromatic rings. The molecule has 1 fully saturated rings. The van der Waals surface area contributed by atoms with Crippen LogP contribution in [0.5, 0.6) is 0 Å². The van der Waals surface area contributed by atoms with E-state index in [1.165, 1.54) is 29.6 Å². The van der Waals surface area contributed by atoms with E-state index in [-0.39, 0.29) is 0 Å². The standard InChI is InChI=1S/C11H15ClOSi/c12-9-10-3-5-11(6-4-10)14-8-2-1-7-13-14/h3-6,14H,1-2,7-9H2.